The van der Waals surface area contributed by atoms with Crippen molar-refractivity contribution in [2.45, 2.75) is 45.1 Å². The van der Waals surface area contributed by atoms with E-state index in [4.69, 9.17) is 10.5 Å². The van der Waals surface area contributed by atoms with Crippen molar-refractivity contribution in [2.24, 2.45) is 11.7 Å². The number of nitrogens with zero attached hydrogens (tertiary/aromatic N) is 1. The average Bonchev–Trinajstić information content (AvgIpc) is 2.77. The second kappa shape index (κ2) is 10.9. The Labute approximate surface area is 187 Å². The van der Waals surface area contributed by atoms with Gasteiger partial charge in [-0.15, -0.1) is 0 Å². The predicted octanol–water partition coefficient (Wildman–Crippen LogP) is 3.73. The van der Waals surface area contributed by atoms with Gasteiger partial charge in [0.15, 0.2) is 5.78 Å². The van der Waals surface area contributed by atoms with E-state index < -0.39 is 10.7 Å². The van der Waals surface area contributed by atoms with Crippen LogP contribution in [0.3, 0.4) is 0 Å². The van der Waals surface area contributed by atoms with Crippen LogP contribution in [0.4, 0.5) is 5.69 Å². The summed E-state index contributed by atoms with van der Waals surface area (Å²) in [6, 6.07) is 12.5. The van der Waals surface area contributed by atoms with E-state index in [9.17, 15) is 19.7 Å². The summed E-state index contributed by atoms with van der Waals surface area (Å²) in [5.41, 5.74) is 7.88. The molecule has 32 heavy (non-hydrogen) atoms. The fourth-order valence-corrected chi connectivity index (χ4v) is 4.34. The van der Waals surface area contributed by atoms with Gasteiger partial charge in [-0.05, 0) is 49.9 Å². The first-order valence-corrected chi connectivity index (χ1v) is 10.9. The van der Waals surface area contributed by atoms with Gasteiger partial charge in [-0.2, -0.15) is 0 Å². The third-order valence-corrected chi connectivity index (χ3v) is 5.89. The highest BCUT2D eigenvalue weighted by Gasteiger charge is 2.30. The summed E-state index contributed by atoms with van der Waals surface area (Å²) in [6.07, 6.45) is 3.90. The van der Waals surface area contributed by atoms with E-state index in [2.05, 4.69) is 17.4 Å². The molecule has 8 nitrogen and oxygen atoms in total. The van der Waals surface area contributed by atoms with Crippen LogP contribution in [0.15, 0.2) is 42.5 Å². The SMILES string of the molecule is CC(=O)c1c(OCCCCCC(C(N)=O)C2NCCc3ccccc32)cccc1[N+](=O)[O-]. The van der Waals surface area contributed by atoms with Gasteiger partial charge in [0, 0.05) is 12.1 Å². The Bertz CT molecular complexity index is 991. The van der Waals surface area contributed by atoms with Crippen LogP contribution in [-0.2, 0) is 11.2 Å². The van der Waals surface area contributed by atoms with Crippen LogP contribution in [0.5, 0.6) is 5.75 Å². The number of nitro groups is 1. The molecule has 170 valence electrons. The average molecular weight is 440 g/mol. The fourth-order valence-electron chi connectivity index (χ4n) is 4.34. The molecule has 3 N–H and O–H groups in total. The number of carbonyl (C=O) groups excluding carboxylic acids is 2. The summed E-state index contributed by atoms with van der Waals surface area (Å²) in [5.74, 6) is -0.779. The molecule has 2 aromatic rings. The highest BCUT2D eigenvalue weighted by Crippen LogP contribution is 2.32. The van der Waals surface area contributed by atoms with Gasteiger partial charge in [-0.1, -0.05) is 43.2 Å². The third-order valence-electron chi connectivity index (χ3n) is 5.89. The number of hydrogen-bond acceptors (Lipinski definition) is 6. The highest BCUT2D eigenvalue weighted by molar-refractivity contribution is 6.00. The van der Waals surface area contributed by atoms with Gasteiger partial charge in [0.1, 0.15) is 11.3 Å². The molecule has 0 aliphatic carbocycles. The first-order chi connectivity index (χ1) is 15.4. The summed E-state index contributed by atoms with van der Waals surface area (Å²) < 4.78 is 5.68. The van der Waals surface area contributed by atoms with Crippen LogP contribution in [0.2, 0.25) is 0 Å². The molecular weight excluding hydrogens is 410 g/mol. The van der Waals surface area contributed by atoms with Gasteiger partial charge in [-0.3, -0.25) is 19.7 Å². The monoisotopic (exact) mass is 439 g/mol. The molecular formula is C24H29N3O5. The van der Waals surface area contributed by atoms with Crippen LogP contribution >= 0.6 is 0 Å². The van der Waals surface area contributed by atoms with Crippen LogP contribution in [0, 0.1) is 16.0 Å². The summed E-state index contributed by atoms with van der Waals surface area (Å²) in [6.45, 7) is 2.44. The first-order valence-electron chi connectivity index (χ1n) is 10.9. The Morgan fingerprint density at radius 3 is 2.69 bits per heavy atom. The number of ketones is 1. The van der Waals surface area contributed by atoms with E-state index in [0.29, 0.717) is 19.4 Å². The van der Waals surface area contributed by atoms with Crippen molar-refractivity contribution in [1.82, 2.24) is 5.32 Å². The Hall–Kier alpha value is -3.26. The molecule has 0 bridgehead atoms. The van der Waals surface area contributed by atoms with E-state index >= 15 is 0 Å². The summed E-state index contributed by atoms with van der Waals surface area (Å²) in [4.78, 5) is 34.6. The zero-order valence-corrected chi connectivity index (χ0v) is 18.2. The van der Waals surface area contributed by atoms with Crippen LogP contribution < -0.4 is 15.8 Å². The van der Waals surface area contributed by atoms with Crippen molar-refractivity contribution < 1.29 is 19.2 Å². The third kappa shape index (κ3) is 5.50. The number of nitrogens with one attached hydrogen (secondary N) is 1. The number of carbonyl (C=O) groups is 2. The zero-order valence-electron chi connectivity index (χ0n) is 18.2. The number of nitro benzene ring substituents is 1. The Kier molecular flexibility index (Phi) is 7.94. The molecule has 8 heteroatoms. The number of benzene rings is 2. The normalized spacial score (nSPS) is 16.1. The van der Waals surface area contributed by atoms with E-state index in [1.165, 1.54) is 24.6 Å². The van der Waals surface area contributed by atoms with Gasteiger partial charge in [0.25, 0.3) is 5.69 Å². The Morgan fingerprint density at radius 2 is 1.97 bits per heavy atom. The maximum absolute atomic E-state index is 12.2. The summed E-state index contributed by atoms with van der Waals surface area (Å²) in [7, 11) is 0. The predicted molar refractivity (Wildman–Crippen MR) is 121 cm³/mol. The minimum atomic E-state index is -0.578. The van der Waals surface area contributed by atoms with Crippen molar-refractivity contribution >= 4 is 17.4 Å². The lowest BCUT2D eigenvalue weighted by Gasteiger charge is -2.32. The van der Waals surface area contributed by atoms with E-state index in [-0.39, 0.29) is 34.9 Å². The van der Waals surface area contributed by atoms with E-state index in [1.807, 2.05) is 12.1 Å². The van der Waals surface area contributed by atoms with E-state index in [0.717, 1.165) is 31.4 Å². The number of hydrogen-bond donors (Lipinski definition) is 2. The Balaban J connectivity index is 1.52. The molecule has 0 saturated heterocycles. The van der Waals surface area contributed by atoms with Crippen molar-refractivity contribution in [3.05, 3.63) is 69.3 Å². The minimum absolute atomic E-state index is 0.00618. The lowest BCUT2D eigenvalue weighted by atomic mass is 9.83. The first kappa shape index (κ1) is 23.4. The van der Waals surface area contributed by atoms with Crippen molar-refractivity contribution in [3.8, 4) is 5.75 Å². The quantitative estimate of drug-likeness (QED) is 0.238. The summed E-state index contributed by atoms with van der Waals surface area (Å²) >= 11 is 0. The number of amides is 1. The smallest absolute Gasteiger partial charge is 0.283 e. The second-order valence-corrected chi connectivity index (χ2v) is 8.05. The maximum atomic E-state index is 12.2. The Morgan fingerprint density at radius 1 is 1.19 bits per heavy atom. The van der Waals surface area contributed by atoms with Gasteiger partial charge < -0.3 is 15.8 Å². The molecule has 1 aliphatic rings. The van der Waals surface area contributed by atoms with Crippen molar-refractivity contribution in [1.29, 1.82) is 0 Å². The molecule has 0 saturated carbocycles. The molecule has 3 rings (SSSR count). The van der Waals surface area contributed by atoms with Crippen LogP contribution in [-0.4, -0.2) is 29.8 Å². The second-order valence-electron chi connectivity index (χ2n) is 8.05. The number of Topliss-reactive ketones (excluding diaryl/α,β-unsaturated/α-hetero) is 1. The van der Waals surface area contributed by atoms with Gasteiger partial charge in [-0.25, -0.2) is 0 Å². The fraction of sp³-hybridized carbons (Fsp3) is 0.417. The summed E-state index contributed by atoms with van der Waals surface area (Å²) in [5, 5.41) is 14.6. The van der Waals surface area contributed by atoms with Gasteiger partial charge >= 0.3 is 0 Å². The molecule has 0 radical (unpaired) electrons. The zero-order chi connectivity index (χ0) is 23.1. The molecule has 1 heterocycles. The van der Waals surface area contributed by atoms with Gasteiger partial charge in [0.05, 0.1) is 17.4 Å². The minimum Gasteiger partial charge on any atom is -0.493 e. The number of fused-ring (bicyclic) bond motifs is 1. The lowest BCUT2D eigenvalue weighted by Crippen LogP contribution is -2.40. The number of unbranched alkanes of at least 4 members (excludes halogenated alkanes) is 2. The topological polar surface area (TPSA) is 125 Å². The molecule has 0 fully saturated rings. The van der Waals surface area contributed by atoms with Crippen LogP contribution in [0.1, 0.15) is 60.1 Å². The molecule has 2 aromatic carbocycles. The number of rotatable bonds is 11. The highest BCUT2D eigenvalue weighted by atomic mass is 16.6. The standard InChI is InChI=1S/C24H29N3O5/c1-16(28)22-20(27(30)31)11-7-12-21(22)32-15-6-2-3-10-19(24(25)29)23-18-9-5-4-8-17(18)13-14-26-23/h4-5,7-9,11-12,19,23,26H,2-3,6,10,13-15H2,1H3,(H2,25,29). The number of ether oxygens (including phenoxy) is 1. The lowest BCUT2D eigenvalue weighted by molar-refractivity contribution is -0.385. The maximum Gasteiger partial charge on any atom is 0.283 e. The molecule has 1 amide bonds. The van der Waals surface area contributed by atoms with E-state index in [1.54, 1.807) is 6.07 Å². The largest absolute Gasteiger partial charge is 0.493 e. The van der Waals surface area contributed by atoms with Crippen molar-refractivity contribution in [2.75, 3.05) is 13.2 Å². The molecule has 2 unspecified atom stereocenters. The molecule has 2 atom stereocenters. The molecule has 0 spiro atoms. The molecule has 0 aromatic heterocycles. The number of nitrogens with two attached hydrogens (primary N) is 1. The van der Waals surface area contributed by atoms with Gasteiger partial charge in [0.2, 0.25) is 5.91 Å². The van der Waals surface area contributed by atoms with Crippen molar-refractivity contribution in [3.63, 3.8) is 0 Å². The van der Waals surface area contributed by atoms with Crippen LogP contribution in [0.25, 0.3) is 0 Å². The number of primary amides is 1. The molecule has 1 aliphatic heterocycles.